The van der Waals surface area contributed by atoms with Crippen LogP contribution in [0.3, 0.4) is 0 Å². The molecule has 0 radical (unpaired) electrons. The summed E-state index contributed by atoms with van der Waals surface area (Å²) >= 11 is 0. The van der Waals surface area contributed by atoms with E-state index in [0.717, 1.165) is 17.0 Å². The predicted octanol–water partition coefficient (Wildman–Crippen LogP) is 0.295. The quantitative estimate of drug-likeness (QED) is 0.638. The lowest BCUT2D eigenvalue weighted by Gasteiger charge is -2.31. The van der Waals surface area contributed by atoms with Crippen LogP contribution in [0.25, 0.3) is 0 Å². The smallest absolute Gasteiger partial charge is 0.293 e. The Morgan fingerprint density at radius 1 is 1.30 bits per heavy atom. The van der Waals surface area contributed by atoms with Crippen LogP contribution in [0.5, 0.6) is 0 Å². The van der Waals surface area contributed by atoms with Gasteiger partial charge in [0.25, 0.3) is 5.91 Å². The highest BCUT2D eigenvalue weighted by Gasteiger charge is 2.34. The van der Waals surface area contributed by atoms with Crippen LogP contribution in [0, 0.1) is 0 Å². The molecule has 0 N–H and O–H groups in total. The fourth-order valence-electron chi connectivity index (χ4n) is 3.28. The molecular formula is C17H20N8O2. The van der Waals surface area contributed by atoms with Gasteiger partial charge in [-0.15, -0.1) is 10.2 Å². The molecule has 1 aliphatic rings. The van der Waals surface area contributed by atoms with Gasteiger partial charge in [0.2, 0.25) is 5.82 Å². The summed E-state index contributed by atoms with van der Waals surface area (Å²) < 4.78 is 9.18. The van der Waals surface area contributed by atoms with Gasteiger partial charge >= 0.3 is 0 Å². The summed E-state index contributed by atoms with van der Waals surface area (Å²) in [6.07, 6.45) is 4.99. The summed E-state index contributed by atoms with van der Waals surface area (Å²) in [5.74, 6) is -0.0596. The molecule has 0 aromatic carbocycles. The molecule has 3 aromatic heterocycles. The van der Waals surface area contributed by atoms with Crippen LogP contribution in [0.4, 0.5) is 0 Å². The van der Waals surface area contributed by atoms with Crippen molar-refractivity contribution in [2.45, 2.75) is 19.1 Å². The number of pyridine rings is 1. The number of aromatic nitrogens is 7. The van der Waals surface area contributed by atoms with Crippen molar-refractivity contribution in [1.29, 1.82) is 0 Å². The van der Waals surface area contributed by atoms with Gasteiger partial charge < -0.3 is 9.64 Å². The number of ether oxygens (including phenoxy) is 1. The largest absolute Gasteiger partial charge is 0.376 e. The number of amides is 1. The van der Waals surface area contributed by atoms with Gasteiger partial charge in [0, 0.05) is 39.0 Å². The Morgan fingerprint density at radius 3 is 2.85 bits per heavy atom. The number of hydrogen-bond donors (Lipinski definition) is 0. The van der Waals surface area contributed by atoms with Crippen LogP contribution < -0.4 is 0 Å². The molecule has 0 aliphatic carbocycles. The molecule has 4 heterocycles. The highest BCUT2D eigenvalue weighted by molar-refractivity contribution is 5.90. The van der Waals surface area contributed by atoms with Gasteiger partial charge in [-0.3, -0.25) is 19.1 Å². The first kappa shape index (κ1) is 17.3. The Morgan fingerprint density at radius 2 is 2.11 bits per heavy atom. The standard InChI is InChI=1S/C17H20N8O2/c1-23-11-19-16(21-23)17(26)25-7-13(15-14(8-25)20-22-24(15)2)10-27-9-12-3-5-18-6-4-12/h3-6,11,13H,7-10H2,1-2H3. The lowest BCUT2D eigenvalue weighted by molar-refractivity contribution is 0.0597. The molecule has 140 valence electrons. The van der Waals surface area contributed by atoms with E-state index >= 15 is 0 Å². The first-order valence-electron chi connectivity index (χ1n) is 8.62. The highest BCUT2D eigenvalue weighted by Crippen LogP contribution is 2.27. The number of rotatable bonds is 5. The molecule has 10 heteroatoms. The minimum absolute atomic E-state index is 0.0248. The summed E-state index contributed by atoms with van der Waals surface area (Å²) in [4.78, 5) is 22.5. The number of fused-ring (bicyclic) bond motifs is 1. The number of aryl methyl sites for hydroxylation is 2. The van der Waals surface area contributed by atoms with Crippen molar-refractivity contribution >= 4 is 5.91 Å². The fraction of sp³-hybridized carbons (Fsp3) is 0.412. The molecule has 0 saturated heterocycles. The minimum Gasteiger partial charge on any atom is -0.376 e. The molecule has 4 rings (SSSR count). The lowest BCUT2D eigenvalue weighted by Crippen LogP contribution is -2.40. The Labute approximate surface area is 155 Å². The van der Waals surface area contributed by atoms with Crippen molar-refractivity contribution in [3.05, 3.63) is 53.6 Å². The zero-order valence-electron chi connectivity index (χ0n) is 15.2. The molecule has 1 amide bonds. The van der Waals surface area contributed by atoms with Gasteiger partial charge in [0.1, 0.15) is 12.0 Å². The van der Waals surface area contributed by atoms with E-state index in [9.17, 15) is 4.79 Å². The predicted molar refractivity (Wildman–Crippen MR) is 93.4 cm³/mol. The van der Waals surface area contributed by atoms with Gasteiger partial charge in [-0.25, -0.2) is 4.98 Å². The Hall–Kier alpha value is -3.14. The van der Waals surface area contributed by atoms with Gasteiger partial charge in [-0.1, -0.05) is 5.21 Å². The summed E-state index contributed by atoms with van der Waals surface area (Å²) in [7, 11) is 3.59. The molecule has 0 bridgehead atoms. The zero-order valence-corrected chi connectivity index (χ0v) is 15.2. The van der Waals surface area contributed by atoms with Gasteiger partial charge in [-0.05, 0) is 17.7 Å². The van der Waals surface area contributed by atoms with Crippen LogP contribution in [-0.4, -0.2) is 58.7 Å². The fourth-order valence-corrected chi connectivity index (χ4v) is 3.28. The number of carbonyl (C=O) groups excluding carboxylic acids is 1. The third-order valence-corrected chi connectivity index (χ3v) is 4.53. The van der Waals surface area contributed by atoms with E-state index in [4.69, 9.17) is 4.74 Å². The molecular weight excluding hydrogens is 348 g/mol. The monoisotopic (exact) mass is 368 g/mol. The molecule has 0 saturated carbocycles. The SMILES string of the molecule is Cn1cnc(C(=O)N2Cc3nnn(C)c3C(COCc3ccncc3)C2)n1. The maximum absolute atomic E-state index is 12.8. The normalized spacial score (nSPS) is 16.4. The average Bonchev–Trinajstić information content (AvgIpc) is 3.28. The van der Waals surface area contributed by atoms with E-state index in [2.05, 4.69) is 25.4 Å². The third-order valence-electron chi connectivity index (χ3n) is 4.53. The van der Waals surface area contributed by atoms with Crippen molar-refractivity contribution < 1.29 is 9.53 Å². The first-order valence-corrected chi connectivity index (χ1v) is 8.62. The molecule has 3 aromatic rings. The summed E-state index contributed by atoms with van der Waals surface area (Å²) in [5, 5.41) is 12.4. The number of hydrogen-bond acceptors (Lipinski definition) is 7. The Bertz CT molecular complexity index is 936. The number of nitrogens with zero attached hydrogens (tertiary/aromatic N) is 8. The van der Waals surface area contributed by atoms with Crippen LogP contribution in [-0.2, 0) is 32.0 Å². The van der Waals surface area contributed by atoms with Crippen LogP contribution in [0.15, 0.2) is 30.9 Å². The van der Waals surface area contributed by atoms with E-state index in [1.807, 2.05) is 19.2 Å². The molecule has 0 fully saturated rings. The topological polar surface area (TPSA) is 104 Å². The van der Waals surface area contributed by atoms with E-state index in [1.165, 1.54) is 11.0 Å². The minimum atomic E-state index is -0.217. The van der Waals surface area contributed by atoms with Crippen molar-refractivity contribution in [1.82, 2.24) is 39.6 Å². The Balaban J connectivity index is 1.49. The third kappa shape index (κ3) is 3.56. The van der Waals surface area contributed by atoms with Gasteiger partial charge in [0.05, 0.1) is 25.5 Å². The number of carbonyl (C=O) groups is 1. The second kappa shape index (κ2) is 7.23. The lowest BCUT2D eigenvalue weighted by atomic mass is 9.99. The van der Waals surface area contributed by atoms with Crippen LogP contribution in [0.2, 0.25) is 0 Å². The summed E-state index contributed by atoms with van der Waals surface area (Å²) in [6.45, 7) is 1.83. The van der Waals surface area contributed by atoms with E-state index < -0.39 is 0 Å². The van der Waals surface area contributed by atoms with Crippen molar-refractivity contribution in [2.75, 3.05) is 13.2 Å². The second-order valence-electron chi connectivity index (χ2n) is 6.54. The molecule has 0 spiro atoms. The van der Waals surface area contributed by atoms with E-state index in [-0.39, 0.29) is 17.6 Å². The highest BCUT2D eigenvalue weighted by atomic mass is 16.5. The van der Waals surface area contributed by atoms with Crippen molar-refractivity contribution in [3.63, 3.8) is 0 Å². The van der Waals surface area contributed by atoms with Crippen molar-refractivity contribution in [3.8, 4) is 0 Å². The molecule has 1 atom stereocenters. The first-order chi connectivity index (χ1) is 13.1. The Kier molecular flexibility index (Phi) is 4.63. The molecule has 1 unspecified atom stereocenters. The maximum atomic E-state index is 12.8. The van der Waals surface area contributed by atoms with E-state index in [0.29, 0.717) is 26.3 Å². The summed E-state index contributed by atoms with van der Waals surface area (Å²) in [6, 6.07) is 3.83. The molecule has 1 aliphatic heterocycles. The maximum Gasteiger partial charge on any atom is 0.293 e. The molecule has 10 nitrogen and oxygen atoms in total. The van der Waals surface area contributed by atoms with Crippen LogP contribution in [0.1, 0.15) is 33.5 Å². The average molecular weight is 368 g/mol. The van der Waals surface area contributed by atoms with Crippen molar-refractivity contribution in [2.24, 2.45) is 14.1 Å². The van der Waals surface area contributed by atoms with Gasteiger partial charge in [0.15, 0.2) is 0 Å². The van der Waals surface area contributed by atoms with E-state index in [1.54, 1.807) is 29.0 Å². The van der Waals surface area contributed by atoms with Crippen LogP contribution >= 0.6 is 0 Å². The zero-order chi connectivity index (χ0) is 18.8. The molecule has 27 heavy (non-hydrogen) atoms. The second-order valence-corrected chi connectivity index (χ2v) is 6.54. The van der Waals surface area contributed by atoms with Gasteiger partial charge in [-0.2, -0.15) is 0 Å². The summed E-state index contributed by atoms with van der Waals surface area (Å²) in [5.41, 5.74) is 2.84.